The number of benzene rings is 1. The minimum Gasteiger partial charge on any atom is -0.305 e. The van der Waals surface area contributed by atoms with E-state index in [1.807, 2.05) is 13.0 Å². The van der Waals surface area contributed by atoms with E-state index in [2.05, 4.69) is 37.2 Å². The Kier molecular flexibility index (Phi) is 5.11. The molecule has 102 valence electrons. The quantitative estimate of drug-likeness (QED) is 0.711. The third-order valence-electron chi connectivity index (χ3n) is 2.70. The van der Waals surface area contributed by atoms with Gasteiger partial charge >= 0.3 is 0 Å². The standard InChI is InChI=1S/C13H11Br2F2NS/c1-7(10-4-8(16)2-3-12(10)17)18-6-9-5-11(14)13(15)19-9/h2-5,7,18H,6H2,1H3. The molecule has 2 rings (SSSR count). The van der Waals surface area contributed by atoms with Gasteiger partial charge in [-0.1, -0.05) is 0 Å². The van der Waals surface area contributed by atoms with Crippen LogP contribution in [0, 0.1) is 11.6 Å². The predicted molar refractivity (Wildman–Crippen MR) is 81.3 cm³/mol. The van der Waals surface area contributed by atoms with Crippen LogP contribution in [0.4, 0.5) is 8.78 Å². The Morgan fingerprint density at radius 3 is 2.63 bits per heavy atom. The van der Waals surface area contributed by atoms with E-state index in [4.69, 9.17) is 0 Å². The Morgan fingerprint density at radius 2 is 2.00 bits per heavy atom. The van der Waals surface area contributed by atoms with Crippen molar-refractivity contribution in [2.45, 2.75) is 19.5 Å². The number of hydrogen-bond acceptors (Lipinski definition) is 2. The lowest BCUT2D eigenvalue weighted by molar-refractivity contribution is 0.520. The molecule has 0 aliphatic carbocycles. The average molecular weight is 411 g/mol. The second-order valence-corrected chi connectivity index (χ2v) is 7.41. The van der Waals surface area contributed by atoms with Gasteiger partial charge in [0.25, 0.3) is 0 Å². The summed E-state index contributed by atoms with van der Waals surface area (Å²) in [4.78, 5) is 1.11. The van der Waals surface area contributed by atoms with Gasteiger partial charge in [0.2, 0.25) is 0 Å². The van der Waals surface area contributed by atoms with Crippen LogP contribution < -0.4 is 5.32 Å². The van der Waals surface area contributed by atoms with E-state index in [9.17, 15) is 8.78 Å². The molecule has 0 amide bonds. The Hall–Kier alpha value is -0.300. The number of thiophene rings is 1. The van der Waals surface area contributed by atoms with Crippen molar-refractivity contribution in [2.75, 3.05) is 0 Å². The molecule has 1 N–H and O–H groups in total. The van der Waals surface area contributed by atoms with Gasteiger partial charge in [-0.05, 0) is 63.0 Å². The molecule has 1 unspecified atom stereocenters. The molecule has 1 atom stereocenters. The Bertz CT molecular complexity index is 567. The smallest absolute Gasteiger partial charge is 0.128 e. The fraction of sp³-hybridized carbons (Fsp3) is 0.231. The maximum Gasteiger partial charge on any atom is 0.128 e. The number of rotatable bonds is 4. The second-order valence-electron chi connectivity index (χ2n) is 4.10. The van der Waals surface area contributed by atoms with Gasteiger partial charge in [0.1, 0.15) is 11.6 Å². The maximum absolute atomic E-state index is 13.6. The van der Waals surface area contributed by atoms with E-state index >= 15 is 0 Å². The molecular weight excluding hydrogens is 400 g/mol. The zero-order valence-corrected chi connectivity index (χ0v) is 14.0. The number of nitrogens with one attached hydrogen (secondary N) is 1. The average Bonchev–Trinajstić information content (AvgIpc) is 2.69. The van der Waals surface area contributed by atoms with Gasteiger partial charge in [0.05, 0.1) is 3.79 Å². The minimum atomic E-state index is -0.424. The molecule has 6 heteroatoms. The zero-order valence-electron chi connectivity index (χ0n) is 10.0. The van der Waals surface area contributed by atoms with Crippen molar-refractivity contribution >= 4 is 43.2 Å². The van der Waals surface area contributed by atoms with Crippen LogP contribution in [0.1, 0.15) is 23.4 Å². The third kappa shape index (κ3) is 3.84. The van der Waals surface area contributed by atoms with Gasteiger partial charge in [-0.15, -0.1) is 11.3 Å². The molecule has 1 aromatic carbocycles. The van der Waals surface area contributed by atoms with Crippen LogP contribution in [0.5, 0.6) is 0 Å². The highest BCUT2D eigenvalue weighted by atomic mass is 79.9. The molecule has 0 saturated heterocycles. The fourth-order valence-corrected chi connectivity index (χ4v) is 3.82. The molecule has 19 heavy (non-hydrogen) atoms. The van der Waals surface area contributed by atoms with Crippen molar-refractivity contribution in [3.05, 3.63) is 54.6 Å². The summed E-state index contributed by atoms with van der Waals surface area (Å²) in [6, 6.07) is 5.25. The van der Waals surface area contributed by atoms with Crippen molar-refractivity contribution in [3.63, 3.8) is 0 Å². The molecule has 0 aliphatic rings. The van der Waals surface area contributed by atoms with Gasteiger partial charge < -0.3 is 5.32 Å². The molecular formula is C13H11Br2F2NS. The van der Waals surface area contributed by atoms with Gasteiger partial charge in [-0.25, -0.2) is 8.78 Å². The molecule has 2 aromatic rings. The van der Waals surface area contributed by atoms with E-state index in [0.29, 0.717) is 12.1 Å². The highest BCUT2D eigenvalue weighted by Gasteiger charge is 2.12. The molecule has 1 aromatic heterocycles. The summed E-state index contributed by atoms with van der Waals surface area (Å²) in [6.07, 6.45) is 0. The van der Waals surface area contributed by atoms with Gasteiger partial charge in [-0.2, -0.15) is 0 Å². The van der Waals surface area contributed by atoms with Gasteiger partial charge in [-0.3, -0.25) is 0 Å². The van der Waals surface area contributed by atoms with E-state index in [0.717, 1.165) is 25.3 Å². The molecule has 0 saturated carbocycles. The largest absolute Gasteiger partial charge is 0.305 e. The highest BCUT2D eigenvalue weighted by molar-refractivity contribution is 9.13. The zero-order chi connectivity index (χ0) is 14.0. The summed E-state index contributed by atoms with van der Waals surface area (Å²) < 4.78 is 28.7. The van der Waals surface area contributed by atoms with E-state index in [1.54, 1.807) is 11.3 Å². The van der Waals surface area contributed by atoms with Crippen LogP contribution in [0.3, 0.4) is 0 Å². The van der Waals surface area contributed by atoms with Gasteiger partial charge in [0.15, 0.2) is 0 Å². The minimum absolute atomic E-state index is 0.254. The Morgan fingerprint density at radius 1 is 1.26 bits per heavy atom. The van der Waals surface area contributed by atoms with Crippen LogP contribution in [0.25, 0.3) is 0 Å². The summed E-state index contributed by atoms with van der Waals surface area (Å²) in [5, 5.41) is 3.19. The van der Waals surface area contributed by atoms with Crippen LogP contribution in [0.15, 0.2) is 32.5 Å². The van der Waals surface area contributed by atoms with E-state index in [-0.39, 0.29) is 6.04 Å². The summed E-state index contributed by atoms with van der Waals surface area (Å²) in [6.45, 7) is 2.42. The van der Waals surface area contributed by atoms with Crippen LogP contribution in [0.2, 0.25) is 0 Å². The van der Waals surface area contributed by atoms with Crippen LogP contribution in [-0.4, -0.2) is 0 Å². The highest BCUT2D eigenvalue weighted by Crippen LogP contribution is 2.32. The summed E-state index contributed by atoms with van der Waals surface area (Å²) >= 11 is 8.44. The normalized spacial score (nSPS) is 12.7. The third-order valence-corrected chi connectivity index (χ3v) is 5.96. The summed E-state index contributed by atoms with van der Waals surface area (Å²) in [5.41, 5.74) is 0.342. The van der Waals surface area contributed by atoms with Crippen molar-refractivity contribution in [3.8, 4) is 0 Å². The first-order valence-electron chi connectivity index (χ1n) is 5.59. The van der Waals surface area contributed by atoms with E-state index < -0.39 is 11.6 Å². The molecule has 0 spiro atoms. The SMILES string of the molecule is CC(NCc1cc(Br)c(Br)s1)c1cc(F)ccc1F. The molecule has 1 nitrogen and oxygen atoms in total. The number of halogens is 4. The molecule has 0 bridgehead atoms. The molecule has 1 heterocycles. The number of hydrogen-bond donors (Lipinski definition) is 1. The predicted octanol–water partition coefficient (Wildman–Crippen LogP) is 5.40. The molecule has 0 aliphatic heterocycles. The molecule has 0 fully saturated rings. The van der Waals surface area contributed by atoms with Crippen LogP contribution >= 0.6 is 43.2 Å². The van der Waals surface area contributed by atoms with Crippen molar-refractivity contribution < 1.29 is 8.78 Å². The first-order valence-corrected chi connectivity index (χ1v) is 7.99. The van der Waals surface area contributed by atoms with Crippen LogP contribution in [-0.2, 0) is 6.54 Å². The monoisotopic (exact) mass is 409 g/mol. The first-order chi connectivity index (χ1) is 8.97. The Labute approximate surface area is 131 Å². The summed E-state index contributed by atoms with van der Waals surface area (Å²) in [7, 11) is 0. The second kappa shape index (κ2) is 6.43. The lowest BCUT2D eigenvalue weighted by Gasteiger charge is -2.14. The lowest BCUT2D eigenvalue weighted by Crippen LogP contribution is -2.18. The lowest BCUT2D eigenvalue weighted by atomic mass is 10.1. The topological polar surface area (TPSA) is 12.0 Å². The maximum atomic E-state index is 13.6. The van der Waals surface area contributed by atoms with E-state index in [1.165, 1.54) is 6.07 Å². The van der Waals surface area contributed by atoms with Crippen molar-refractivity contribution in [2.24, 2.45) is 0 Å². The van der Waals surface area contributed by atoms with Gasteiger partial charge in [0, 0.05) is 27.5 Å². The summed E-state index contributed by atoms with van der Waals surface area (Å²) in [5.74, 6) is -0.818. The van der Waals surface area contributed by atoms with Crippen molar-refractivity contribution in [1.29, 1.82) is 0 Å². The fourth-order valence-electron chi connectivity index (χ4n) is 1.69. The van der Waals surface area contributed by atoms with Crippen molar-refractivity contribution in [1.82, 2.24) is 5.32 Å². The Balaban J connectivity index is 2.04. The molecule has 0 radical (unpaired) electrons. The first kappa shape index (κ1) is 15.1.